The van der Waals surface area contributed by atoms with Crippen molar-refractivity contribution in [3.8, 4) is 0 Å². The summed E-state index contributed by atoms with van der Waals surface area (Å²) in [5.74, 6) is 4.16. The molecule has 1 nitrogen and oxygen atoms in total. The Labute approximate surface area is 110 Å². The maximum absolute atomic E-state index is 6.48. The molecule has 0 aliphatic rings. The average molecular weight is 241 g/mol. The lowest BCUT2D eigenvalue weighted by Crippen LogP contribution is -2.44. The molecular weight excluding hydrogens is 206 g/mol. The van der Waals surface area contributed by atoms with Crippen molar-refractivity contribution in [3.05, 3.63) is 0 Å². The van der Waals surface area contributed by atoms with Crippen LogP contribution in [0.25, 0.3) is 0 Å². The molecule has 0 bridgehead atoms. The van der Waals surface area contributed by atoms with Gasteiger partial charge in [0, 0.05) is 6.04 Å². The van der Waals surface area contributed by atoms with Gasteiger partial charge in [0.2, 0.25) is 0 Å². The van der Waals surface area contributed by atoms with Crippen LogP contribution >= 0.6 is 0 Å². The van der Waals surface area contributed by atoms with E-state index < -0.39 is 0 Å². The van der Waals surface area contributed by atoms with Crippen LogP contribution in [-0.2, 0) is 0 Å². The van der Waals surface area contributed by atoms with Crippen molar-refractivity contribution in [1.29, 1.82) is 0 Å². The van der Waals surface area contributed by atoms with Crippen molar-refractivity contribution < 1.29 is 0 Å². The first-order valence-corrected chi connectivity index (χ1v) is 7.44. The van der Waals surface area contributed by atoms with E-state index in [0.717, 1.165) is 17.8 Å². The summed E-state index contributed by atoms with van der Waals surface area (Å²) in [7, 11) is 0. The molecule has 0 aromatic carbocycles. The zero-order chi connectivity index (χ0) is 13.7. The average Bonchev–Trinajstić information content (AvgIpc) is 2.14. The summed E-state index contributed by atoms with van der Waals surface area (Å²) < 4.78 is 0. The molecule has 0 heterocycles. The Morgan fingerprint density at radius 3 is 1.41 bits per heavy atom. The first kappa shape index (κ1) is 17.0. The van der Waals surface area contributed by atoms with Crippen LogP contribution in [0.2, 0.25) is 0 Å². The van der Waals surface area contributed by atoms with E-state index in [0.29, 0.717) is 23.8 Å². The third kappa shape index (κ3) is 5.42. The fourth-order valence-electron chi connectivity index (χ4n) is 3.09. The van der Waals surface area contributed by atoms with Gasteiger partial charge in [0.15, 0.2) is 0 Å². The molecule has 2 N–H and O–H groups in total. The van der Waals surface area contributed by atoms with E-state index in [9.17, 15) is 0 Å². The Morgan fingerprint density at radius 2 is 1.18 bits per heavy atom. The fourth-order valence-corrected chi connectivity index (χ4v) is 3.09. The molecule has 0 radical (unpaired) electrons. The van der Waals surface area contributed by atoms with Crippen molar-refractivity contribution in [2.24, 2.45) is 41.2 Å². The van der Waals surface area contributed by atoms with Gasteiger partial charge in [-0.3, -0.25) is 0 Å². The summed E-state index contributed by atoms with van der Waals surface area (Å²) in [6.45, 7) is 18.6. The van der Waals surface area contributed by atoms with Gasteiger partial charge in [-0.15, -0.1) is 0 Å². The van der Waals surface area contributed by atoms with E-state index in [1.807, 2.05) is 0 Å². The Bertz CT molecular complexity index is 194. The molecule has 3 atom stereocenters. The van der Waals surface area contributed by atoms with Crippen LogP contribution in [0.1, 0.15) is 61.8 Å². The van der Waals surface area contributed by atoms with Crippen LogP contribution < -0.4 is 5.73 Å². The minimum atomic E-state index is 0.334. The van der Waals surface area contributed by atoms with Crippen LogP contribution in [0, 0.1) is 35.5 Å². The molecule has 0 aliphatic heterocycles. The zero-order valence-corrected chi connectivity index (χ0v) is 13.3. The van der Waals surface area contributed by atoms with E-state index in [4.69, 9.17) is 5.73 Å². The van der Waals surface area contributed by atoms with Gasteiger partial charge in [0.25, 0.3) is 0 Å². The Hall–Kier alpha value is -0.0400. The molecule has 0 saturated heterocycles. The van der Waals surface area contributed by atoms with Gasteiger partial charge >= 0.3 is 0 Å². The van der Waals surface area contributed by atoms with Gasteiger partial charge in [-0.1, -0.05) is 55.4 Å². The lowest BCUT2D eigenvalue weighted by Gasteiger charge is -2.39. The SMILES string of the molecule is CC(C)CC(C(C)C)C(C(C)C)C(N)C(C)C. The normalized spacial score (nSPS) is 18.2. The predicted molar refractivity (Wildman–Crippen MR) is 78.9 cm³/mol. The minimum absolute atomic E-state index is 0.334. The number of rotatable bonds is 7. The van der Waals surface area contributed by atoms with Crippen LogP contribution in [-0.4, -0.2) is 6.04 Å². The summed E-state index contributed by atoms with van der Waals surface area (Å²) in [4.78, 5) is 0. The molecule has 17 heavy (non-hydrogen) atoms. The van der Waals surface area contributed by atoms with Crippen LogP contribution in [0.3, 0.4) is 0 Å². The molecule has 104 valence electrons. The number of nitrogens with two attached hydrogens (primary N) is 1. The first-order chi connectivity index (χ1) is 7.68. The van der Waals surface area contributed by atoms with Crippen LogP contribution in [0.4, 0.5) is 0 Å². The van der Waals surface area contributed by atoms with E-state index in [2.05, 4.69) is 55.4 Å². The molecule has 0 spiro atoms. The minimum Gasteiger partial charge on any atom is -0.327 e. The first-order valence-electron chi connectivity index (χ1n) is 7.44. The molecule has 1 heteroatoms. The molecular formula is C16H35N. The van der Waals surface area contributed by atoms with Gasteiger partial charge in [-0.2, -0.15) is 0 Å². The van der Waals surface area contributed by atoms with Gasteiger partial charge in [-0.05, 0) is 41.9 Å². The van der Waals surface area contributed by atoms with E-state index in [1.165, 1.54) is 6.42 Å². The largest absolute Gasteiger partial charge is 0.327 e. The highest BCUT2D eigenvalue weighted by Crippen LogP contribution is 2.36. The maximum atomic E-state index is 6.48. The van der Waals surface area contributed by atoms with Gasteiger partial charge < -0.3 is 5.73 Å². The topological polar surface area (TPSA) is 26.0 Å². The molecule has 0 fully saturated rings. The predicted octanol–water partition coefficient (Wildman–Crippen LogP) is 4.56. The highest BCUT2D eigenvalue weighted by molar-refractivity contribution is 4.85. The highest BCUT2D eigenvalue weighted by Gasteiger charge is 2.33. The Balaban J connectivity index is 4.96. The van der Waals surface area contributed by atoms with Crippen molar-refractivity contribution in [2.75, 3.05) is 0 Å². The molecule has 0 aromatic heterocycles. The molecule has 0 rings (SSSR count). The number of hydrogen-bond donors (Lipinski definition) is 1. The quantitative estimate of drug-likeness (QED) is 0.694. The van der Waals surface area contributed by atoms with Crippen molar-refractivity contribution in [3.63, 3.8) is 0 Å². The van der Waals surface area contributed by atoms with Crippen molar-refractivity contribution >= 4 is 0 Å². The highest BCUT2D eigenvalue weighted by atomic mass is 14.7. The summed E-state index contributed by atoms with van der Waals surface area (Å²) in [6, 6.07) is 0.334. The number of hydrogen-bond acceptors (Lipinski definition) is 1. The lowest BCUT2D eigenvalue weighted by molar-refractivity contribution is 0.121. The lowest BCUT2D eigenvalue weighted by atomic mass is 9.68. The molecule has 0 amide bonds. The second-order valence-corrected chi connectivity index (χ2v) is 7.18. The van der Waals surface area contributed by atoms with Crippen molar-refractivity contribution in [2.45, 2.75) is 67.9 Å². The molecule has 3 unspecified atom stereocenters. The third-order valence-electron chi connectivity index (χ3n) is 4.08. The van der Waals surface area contributed by atoms with Crippen molar-refractivity contribution in [1.82, 2.24) is 0 Å². The molecule has 0 aliphatic carbocycles. The molecule has 0 saturated carbocycles. The summed E-state index contributed by atoms with van der Waals surface area (Å²) in [5, 5.41) is 0. The Kier molecular flexibility index (Phi) is 7.39. The van der Waals surface area contributed by atoms with E-state index in [-0.39, 0.29) is 0 Å². The third-order valence-corrected chi connectivity index (χ3v) is 4.08. The Morgan fingerprint density at radius 1 is 0.706 bits per heavy atom. The van der Waals surface area contributed by atoms with E-state index in [1.54, 1.807) is 0 Å². The van der Waals surface area contributed by atoms with Gasteiger partial charge in [0.05, 0.1) is 0 Å². The summed E-state index contributed by atoms with van der Waals surface area (Å²) in [5.41, 5.74) is 6.48. The van der Waals surface area contributed by atoms with E-state index >= 15 is 0 Å². The standard InChI is InChI=1S/C16H35N/c1-10(2)9-14(11(3)4)15(12(5)6)16(17)13(7)8/h10-16H,9,17H2,1-8H3. The van der Waals surface area contributed by atoms with Gasteiger partial charge in [-0.25, -0.2) is 0 Å². The second-order valence-electron chi connectivity index (χ2n) is 7.18. The molecule has 0 aromatic rings. The fraction of sp³-hybridized carbons (Fsp3) is 1.00. The van der Waals surface area contributed by atoms with Crippen LogP contribution in [0.5, 0.6) is 0 Å². The summed E-state index contributed by atoms with van der Waals surface area (Å²) in [6.07, 6.45) is 1.31. The second kappa shape index (κ2) is 7.41. The maximum Gasteiger partial charge on any atom is 0.00955 e. The van der Waals surface area contributed by atoms with Crippen LogP contribution in [0.15, 0.2) is 0 Å². The monoisotopic (exact) mass is 241 g/mol. The van der Waals surface area contributed by atoms with Gasteiger partial charge in [0.1, 0.15) is 0 Å². The summed E-state index contributed by atoms with van der Waals surface area (Å²) >= 11 is 0. The zero-order valence-electron chi connectivity index (χ0n) is 13.3. The smallest absolute Gasteiger partial charge is 0.00955 e.